The molecule has 16 heavy (non-hydrogen) atoms. The van der Waals surface area contributed by atoms with Crippen molar-refractivity contribution in [1.82, 2.24) is 5.32 Å². The first-order chi connectivity index (χ1) is 7.47. The Kier molecular flexibility index (Phi) is 4.55. The van der Waals surface area contributed by atoms with Gasteiger partial charge >= 0.3 is 0 Å². The van der Waals surface area contributed by atoms with E-state index < -0.39 is 0 Å². The third-order valence-electron chi connectivity index (χ3n) is 3.52. The van der Waals surface area contributed by atoms with Crippen LogP contribution in [0.1, 0.15) is 43.4 Å². The van der Waals surface area contributed by atoms with Crippen molar-refractivity contribution in [3.05, 3.63) is 34.9 Å². The predicted molar refractivity (Wildman–Crippen MR) is 72.0 cm³/mol. The van der Waals surface area contributed by atoms with Gasteiger partial charge in [0.25, 0.3) is 0 Å². The van der Waals surface area contributed by atoms with E-state index in [-0.39, 0.29) is 0 Å². The number of hydrogen-bond donors (Lipinski definition) is 1. The van der Waals surface area contributed by atoms with Gasteiger partial charge in [-0.15, -0.1) is 0 Å². The van der Waals surface area contributed by atoms with Crippen LogP contribution >= 0.6 is 0 Å². The van der Waals surface area contributed by atoms with Crippen molar-refractivity contribution in [1.29, 1.82) is 0 Å². The molecule has 0 radical (unpaired) electrons. The minimum absolute atomic E-state index is 0.542. The van der Waals surface area contributed by atoms with E-state index in [2.05, 4.69) is 65.2 Å². The highest BCUT2D eigenvalue weighted by atomic mass is 14.9. The van der Waals surface area contributed by atoms with Gasteiger partial charge in [0.2, 0.25) is 0 Å². The summed E-state index contributed by atoms with van der Waals surface area (Å²) < 4.78 is 0. The summed E-state index contributed by atoms with van der Waals surface area (Å²) in [6, 6.07) is 7.29. The summed E-state index contributed by atoms with van der Waals surface area (Å²) in [6.07, 6.45) is 0. The number of likely N-dealkylation sites (N-methyl/N-ethyl adjacent to an activating group) is 1. The van der Waals surface area contributed by atoms with Gasteiger partial charge in [0.15, 0.2) is 0 Å². The maximum absolute atomic E-state index is 3.45. The lowest BCUT2D eigenvalue weighted by atomic mass is 9.84. The Balaban J connectivity index is 3.02. The molecule has 1 N–H and O–H groups in total. The first-order valence-corrected chi connectivity index (χ1v) is 6.21. The lowest BCUT2D eigenvalue weighted by molar-refractivity contribution is 0.375. The lowest BCUT2D eigenvalue weighted by Gasteiger charge is -2.28. The summed E-state index contributed by atoms with van der Waals surface area (Å²) in [6.45, 7) is 11.3. The number of benzene rings is 1. The average molecular weight is 219 g/mol. The van der Waals surface area contributed by atoms with E-state index in [0.29, 0.717) is 17.9 Å². The van der Waals surface area contributed by atoms with E-state index in [1.165, 1.54) is 16.7 Å². The van der Waals surface area contributed by atoms with Crippen molar-refractivity contribution in [2.75, 3.05) is 7.05 Å². The summed E-state index contributed by atoms with van der Waals surface area (Å²) in [4.78, 5) is 0. The molecule has 0 saturated carbocycles. The van der Waals surface area contributed by atoms with E-state index >= 15 is 0 Å². The normalized spacial score (nSPS) is 15.2. The second kappa shape index (κ2) is 5.49. The molecule has 1 nitrogen and oxygen atoms in total. The van der Waals surface area contributed by atoms with Crippen molar-refractivity contribution in [3.8, 4) is 0 Å². The molecule has 0 aromatic heterocycles. The van der Waals surface area contributed by atoms with E-state index in [1.54, 1.807) is 0 Å². The quantitative estimate of drug-likeness (QED) is 0.815. The molecule has 0 heterocycles. The largest absolute Gasteiger partial charge is 0.316 e. The van der Waals surface area contributed by atoms with E-state index in [1.807, 2.05) is 0 Å². The molecule has 0 fully saturated rings. The molecule has 1 heteroatoms. The monoisotopic (exact) mass is 219 g/mol. The van der Waals surface area contributed by atoms with Crippen LogP contribution in [-0.4, -0.2) is 13.1 Å². The fraction of sp³-hybridized carbons (Fsp3) is 0.600. The Morgan fingerprint density at radius 2 is 1.69 bits per heavy atom. The molecule has 0 bridgehead atoms. The van der Waals surface area contributed by atoms with E-state index in [9.17, 15) is 0 Å². The molecular formula is C15H25N. The number of aryl methyl sites for hydroxylation is 2. The van der Waals surface area contributed by atoms with Crippen molar-refractivity contribution in [3.63, 3.8) is 0 Å². The standard InChI is InChI=1S/C15H25N/c1-10(2)15(16-6)13(5)14-9-11(3)7-8-12(14)4/h7-10,13,15-16H,1-6H3. The highest BCUT2D eigenvalue weighted by molar-refractivity contribution is 5.34. The first-order valence-electron chi connectivity index (χ1n) is 6.21. The molecule has 0 spiro atoms. The molecular weight excluding hydrogens is 194 g/mol. The summed E-state index contributed by atoms with van der Waals surface area (Å²) >= 11 is 0. The van der Waals surface area contributed by atoms with Crippen molar-refractivity contribution in [2.24, 2.45) is 5.92 Å². The fourth-order valence-corrected chi connectivity index (χ4v) is 2.60. The van der Waals surface area contributed by atoms with Crippen LogP contribution in [-0.2, 0) is 0 Å². The molecule has 0 saturated heterocycles. The molecule has 0 aliphatic heterocycles. The van der Waals surface area contributed by atoms with Gasteiger partial charge in [-0.25, -0.2) is 0 Å². The summed E-state index contributed by atoms with van der Waals surface area (Å²) in [7, 11) is 2.06. The van der Waals surface area contributed by atoms with Gasteiger partial charge in [-0.2, -0.15) is 0 Å². The second-order valence-corrected chi connectivity index (χ2v) is 5.21. The zero-order valence-corrected chi connectivity index (χ0v) is 11.5. The van der Waals surface area contributed by atoms with Crippen molar-refractivity contribution in [2.45, 2.75) is 46.6 Å². The Morgan fingerprint density at radius 3 is 2.19 bits per heavy atom. The molecule has 0 aliphatic carbocycles. The van der Waals surface area contributed by atoms with Gasteiger partial charge in [-0.1, -0.05) is 44.5 Å². The third kappa shape index (κ3) is 2.85. The maximum Gasteiger partial charge on any atom is 0.0153 e. The van der Waals surface area contributed by atoms with Gasteiger partial charge in [-0.3, -0.25) is 0 Å². The van der Waals surface area contributed by atoms with Crippen LogP contribution in [0, 0.1) is 19.8 Å². The number of nitrogens with one attached hydrogen (secondary N) is 1. The zero-order chi connectivity index (χ0) is 12.3. The summed E-state index contributed by atoms with van der Waals surface area (Å²) in [5.41, 5.74) is 4.23. The van der Waals surface area contributed by atoms with Gasteiger partial charge in [0, 0.05) is 6.04 Å². The molecule has 2 unspecified atom stereocenters. The molecule has 0 amide bonds. The topological polar surface area (TPSA) is 12.0 Å². The van der Waals surface area contributed by atoms with Crippen LogP contribution in [0.15, 0.2) is 18.2 Å². The van der Waals surface area contributed by atoms with E-state index in [0.717, 1.165) is 0 Å². The highest BCUT2D eigenvalue weighted by Gasteiger charge is 2.21. The van der Waals surface area contributed by atoms with Crippen molar-refractivity contribution < 1.29 is 0 Å². The van der Waals surface area contributed by atoms with Crippen LogP contribution in [0.3, 0.4) is 0 Å². The van der Waals surface area contributed by atoms with Crippen LogP contribution in [0.25, 0.3) is 0 Å². The number of rotatable bonds is 4. The maximum atomic E-state index is 3.45. The predicted octanol–water partition coefficient (Wildman–Crippen LogP) is 3.65. The Hall–Kier alpha value is -0.820. The SMILES string of the molecule is CNC(C(C)C)C(C)c1cc(C)ccc1C. The number of hydrogen-bond acceptors (Lipinski definition) is 1. The minimum Gasteiger partial charge on any atom is -0.316 e. The van der Waals surface area contributed by atoms with Crippen LogP contribution < -0.4 is 5.32 Å². The third-order valence-corrected chi connectivity index (χ3v) is 3.52. The molecule has 1 rings (SSSR count). The lowest BCUT2D eigenvalue weighted by Crippen LogP contribution is -2.35. The van der Waals surface area contributed by atoms with Crippen LogP contribution in [0.5, 0.6) is 0 Å². The second-order valence-electron chi connectivity index (χ2n) is 5.21. The van der Waals surface area contributed by atoms with Gasteiger partial charge in [0.05, 0.1) is 0 Å². The average Bonchev–Trinajstić information content (AvgIpc) is 2.22. The molecule has 2 atom stereocenters. The van der Waals surface area contributed by atoms with Crippen LogP contribution in [0.2, 0.25) is 0 Å². The molecule has 1 aromatic rings. The van der Waals surface area contributed by atoms with Gasteiger partial charge in [0.1, 0.15) is 0 Å². The van der Waals surface area contributed by atoms with Crippen LogP contribution in [0.4, 0.5) is 0 Å². The summed E-state index contributed by atoms with van der Waals surface area (Å²) in [5, 5.41) is 3.45. The first kappa shape index (κ1) is 13.2. The van der Waals surface area contributed by atoms with Gasteiger partial charge < -0.3 is 5.32 Å². The zero-order valence-electron chi connectivity index (χ0n) is 11.5. The molecule has 1 aromatic carbocycles. The highest BCUT2D eigenvalue weighted by Crippen LogP contribution is 2.27. The Labute approximate surface area is 100 Å². The smallest absolute Gasteiger partial charge is 0.0153 e. The molecule has 0 aliphatic rings. The molecule has 90 valence electrons. The van der Waals surface area contributed by atoms with Crippen molar-refractivity contribution >= 4 is 0 Å². The minimum atomic E-state index is 0.542. The van der Waals surface area contributed by atoms with E-state index in [4.69, 9.17) is 0 Å². The fourth-order valence-electron chi connectivity index (χ4n) is 2.60. The Morgan fingerprint density at radius 1 is 1.06 bits per heavy atom. The Bertz CT molecular complexity index is 341. The van der Waals surface area contributed by atoms with Gasteiger partial charge in [-0.05, 0) is 43.9 Å². The summed E-state index contributed by atoms with van der Waals surface area (Å²) in [5.74, 6) is 1.21.